The number of carbonyl (C=O) groups is 1. The highest BCUT2D eigenvalue weighted by molar-refractivity contribution is 5.96. The molecule has 0 unspecified atom stereocenters. The van der Waals surface area contributed by atoms with Crippen molar-refractivity contribution in [1.82, 2.24) is 9.55 Å². The SMILES string of the molecule is COc1ccccc1OC[C@@H](O)Cn1c([C@@H]2CC(=O)N(c3cccc(F)c3)C2)nc2ccccc21. The Balaban J connectivity index is 1.38. The third-order valence-corrected chi connectivity index (χ3v) is 6.19. The van der Waals surface area contributed by atoms with E-state index in [1.807, 2.05) is 41.0 Å². The summed E-state index contributed by atoms with van der Waals surface area (Å²) in [4.78, 5) is 19.2. The molecule has 8 heteroatoms. The lowest BCUT2D eigenvalue weighted by atomic mass is 10.1. The summed E-state index contributed by atoms with van der Waals surface area (Å²) in [6.45, 7) is 0.695. The number of fused-ring (bicyclic) bond motifs is 1. The van der Waals surface area contributed by atoms with Crippen LogP contribution in [0.25, 0.3) is 11.0 Å². The molecule has 1 N–H and O–H groups in total. The number of carbonyl (C=O) groups excluding carboxylic acids is 1. The summed E-state index contributed by atoms with van der Waals surface area (Å²) in [6, 6.07) is 21.0. The van der Waals surface area contributed by atoms with Gasteiger partial charge in [0.25, 0.3) is 0 Å². The van der Waals surface area contributed by atoms with Gasteiger partial charge in [0.05, 0.1) is 24.7 Å². The second kappa shape index (κ2) is 9.76. The van der Waals surface area contributed by atoms with Gasteiger partial charge in [-0.3, -0.25) is 4.79 Å². The van der Waals surface area contributed by atoms with E-state index in [4.69, 9.17) is 14.5 Å². The molecule has 1 aliphatic rings. The number of imidazole rings is 1. The minimum atomic E-state index is -0.826. The van der Waals surface area contributed by atoms with E-state index >= 15 is 0 Å². The monoisotopic (exact) mass is 475 g/mol. The molecule has 1 aromatic heterocycles. The number of amides is 1. The van der Waals surface area contributed by atoms with Gasteiger partial charge in [-0.05, 0) is 42.5 Å². The zero-order valence-corrected chi connectivity index (χ0v) is 19.3. The first-order chi connectivity index (χ1) is 17.0. The first-order valence-electron chi connectivity index (χ1n) is 11.5. The molecule has 1 amide bonds. The molecule has 0 saturated carbocycles. The Hall–Kier alpha value is -3.91. The van der Waals surface area contributed by atoms with Gasteiger partial charge in [0.15, 0.2) is 11.5 Å². The molecular formula is C27H26FN3O4. The third kappa shape index (κ3) is 4.70. The predicted octanol–water partition coefficient (Wildman–Crippen LogP) is 4.14. The second-order valence-corrected chi connectivity index (χ2v) is 8.57. The van der Waals surface area contributed by atoms with Crippen LogP contribution in [-0.2, 0) is 11.3 Å². The van der Waals surface area contributed by atoms with Crippen LogP contribution in [0.3, 0.4) is 0 Å². The van der Waals surface area contributed by atoms with Crippen molar-refractivity contribution < 1.29 is 23.8 Å². The van der Waals surface area contributed by atoms with Crippen LogP contribution >= 0.6 is 0 Å². The van der Waals surface area contributed by atoms with Gasteiger partial charge in [0.2, 0.25) is 5.91 Å². The maximum atomic E-state index is 13.8. The van der Waals surface area contributed by atoms with Gasteiger partial charge in [-0.2, -0.15) is 0 Å². The summed E-state index contributed by atoms with van der Waals surface area (Å²) < 4.78 is 26.8. The number of aromatic nitrogens is 2. The number of aliphatic hydroxyl groups excluding tert-OH is 1. The Morgan fingerprint density at radius 3 is 2.66 bits per heavy atom. The van der Waals surface area contributed by atoms with Crippen LogP contribution in [0.1, 0.15) is 18.2 Å². The van der Waals surface area contributed by atoms with Gasteiger partial charge >= 0.3 is 0 Å². The summed E-state index contributed by atoms with van der Waals surface area (Å²) in [7, 11) is 1.57. The standard InChI is InChI=1S/C27H26FN3O4/c1-34-24-11-4-5-12-25(24)35-17-21(32)16-31-23-10-3-2-9-22(23)29-27(31)18-13-26(33)30(15-18)20-8-6-7-19(28)14-20/h2-12,14,18,21,32H,13,15-17H2,1H3/t18-,21+/m1/s1. The minimum Gasteiger partial charge on any atom is -0.493 e. The Labute approximate surface area is 202 Å². The fourth-order valence-electron chi connectivity index (χ4n) is 4.56. The fraction of sp³-hybridized carbons (Fsp3) is 0.259. The molecule has 0 spiro atoms. The largest absolute Gasteiger partial charge is 0.493 e. The van der Waals surface area contributed by atoms with Gasteiger partial charge in [0.1, 0.15) is 24.4 Å². The quantitative estimate of drug-likeness (QED) is 0.415. The summed E-state index contributed by atoms with van der Waals surface area (Å²) in [5.41, 5.74) is 2.19. The fourth-order valence-corrected chi connectivity index (χ4v) is 4.56. The van der Waals surface area contributed by atoms with Crippen LogP contribution in [0.2, 0.25) is 0 Å². The molecule has 180 valence electrons. The van der Waals surface area contributed by atoms with Crippen LogP contribution in [0, 0.1) is 5.82 Å². The zero-order valence-electron chi connectivity index (χ0n) is 19.3. The number of ether oxygens (including phenoxy) is 2. The molecule has 0 aliphatic carbocycles. The van der Waals surface area contributed by atoms with Gasteiger partial charge < -0.3 is 24.0 Å². The number of hydrogen-bond acceptors (Lipinski definition) is 5. The van der Waals surface area contributed by atoms with Crippen LogP contribution in [0.15, 0.2) is 72.8 Å². The molecule has 1 aliphatic heterocycles. The Morgan fingerprint density at radius 1 is 1.09 bits per heavy atom. The van der Waals surface area contributed by atoms with E-state index < -0.39 is 6.10 Å². The Bertz CT molecular complexity index is 1360. The van der Waals surface area contributed by atoms with Crippen molar-refractivity contribution in [2.24, 2.45) is 0 Å². The van der Waals surface area contributed by atoms with E-state index in [0.29, 0.717) is 23.7 Å². The van der Waals surface area contributed by atoms with E-state index in [9.17, 15) is 14.3 Å². The average Bonchev–Trinajstić information content (AvgIpc) is 3.43. The number of anilines is 1. The van der Waals surface area contributed by atoms with E-state index in [0.717, 1.165) is 16.9 Å². The lowest BCUT2D eigenvalue weighted by Gasteiger charge is -2.19. The number of rotatable bonds is 8. The molecule has 2 atom stereocenters. The molecule has 35 heavy (non-hydrogen) atoms. The number of methoxy groups -OCH3 is 1. The topological polar surface area (TPSA) is 76.8 Å². The highest BCUT2D eigenvalue weighted by atomic mass is 19.1. The van der Waals surface area contributed by atoms with Crippen LogP contribution < -0.4 is 14.4 Å². The van der Waals surface area contributed by atoms with Crippen molar-refractivity contribution in [3.63, 3.8) is 0 Å². The summed E-state index contributed by atoms with van der Waals surface area (Å²) in [5, 5.41) is 10.9. The van der Waals surface area contributed by atoms with Crippen molar-refractivity contribution in [1.29, 1.82) is 0 Å². The van der Waals surface area contributed by atoms with Crippen molar-refractivity contribution in [2.75, 3.05) is 25.2 Å². The summed E-state index contributed by atoms with van der Waals surface area (Å²) in [6.07, 6.45) is -0.569. The lowest BCUT2D eigenvalue weighted by molar-refractivity contribution is -0.117. The minimum absolute atomic E-state index is 0.0608. The molecule has 1 saturated heterocycles. The van der Waals surface area contributed by atoms with Crippen molar-refractivity contribution >= 4 is 22.6 Å². The van der Waals surface area contributed by atoms with Gasteiger partial charge in [-0.25, -0.2) is 9.37 Å². The van der Waals surface area contributed by atoms with Gasteiger partial charge in [-0.15, -0.1) is 0 Å². The summed E-state index contributed by atoms with van der Waals surface area (Å²) in [5.74, 6) is 1.20. The first kappa shape index (κ1) is 22.9. The molecule has 7 nitrogen and oxygen atoms in total. The van der Waals surface area contributed by atoms with Gasteiger partial charge in [-0.1, -0.05) is 30.3 Å². The van der Waals surface area contributed by atoms with Crippen molar-refractivity contribution in [3.8, 4) is 11.5 Å². The Morgan fingerprint density at radius 2 is 1.86 bits per heavy atom. The third-order valence-electron chi connectivity index (χ3n) is 6.19. The molecule has 3 aromatic carbocycles. The number of aliphatic hydroxyl groups is 1. The highest BCUT2D eigenvalue weighted by Crippen LogP contribution is 2.33. The average molecular weight is 476 g/mol. The number of benzene rings is 3. The van der Waals surface area contributed by atoms with Crippen LogP contribution in [0.5, 0.6) is 11.5 Å². The number of para-hydroxylation sites is 4. The van der Waals surface area contributed by atoms with Crippen molar-refractivity contribution in [2.45, 2.75) is 25.0 Å². The molecule has 4 aromatic rings. The normalized spacial score (nSPS) is 16.6. The Kier molecular flexibility index (Phi) is 6.37. The summed E-state index contributed by atoms with van der Waals surface area (Å²) >= 11 is 0. The van der Waals surface area contributed by atoms with E-state index in [-0.39, 0.29) is 37.2 Å². The molecule has 5 rings (SSSR count). The van der Waals surface area contributed by atoms with Crippen molar-refractivity contribution in [3.05, 3.63) is 84.4 Å². The van der Waals surface area contributed by atoms with E-state index in [1.165, 1.54) is 12.1 Å². The lowest BCUT2D eigenvalue weighted by Crippen LogP contribution is -2.26. The highest BCUT2D eigenvalue weighted by Gasteiger charge is 2.35. The number of halogens is 1. The molecular weight excluding hydrogens is 449 g/mol. The number of nitrogens with zero attached hydrogens (tertiary/aromatic N) is 3. The van der Waals surface area contributed by atoms with E-state index in [1.54, 1.807) is 36.3 Å². The zero-order chi connectivity index (χ0) is 24.4. The molecule has 0 radical (unpaired) electrons. The van der Waals surface area contributed by atoms with Gasteiger partial charge in [0, 0.05) is 24.6 Å². The first-order valence-corrected chi connectivity index (χ1v) is 11.5. The van der Waals surface area contributed by atoms with E-state index in [2.05, 4.69) is 0 Å². The smallest absolute Gasteiger partial charge is 0.227 e. The van der Waals surface area contributed by atoms with Crippen LogP contribution in [-0.4, -0.2) is 46.9 Å². The maximum Gasteiger partial charge on any atom is 0.227 e. The second-order valence-electron chi connectivity index (χ2n) is 8.57. The molecule has 0 bridgehead atoms. The van der Waals surface area contributed by atoms with Crippen LogP contribution in [0.4, 0.5) is 10.1 Å². The predicted molar refractivity (Wildman–Crippen MR) is 130 cm³/mol. The molecule has 1 fully saturated rings. The number of hydrogen-bond donors (Lipinski definition) is 1. The molecule has 2 heterocycles. The maximum absolute atomic E-state index is 13.8.